The average Bonchev–Trinajstić information content (AvgIpc) is 3.38. The molecule has 0 aromatic heterocycles. The first kappa shape index (κ1) is 37.4. The lowest BCUT2D eigenvalue weighted by molar-refractivity contribution is -0.164. The molecule has 276 valence electrons. The minimum atomic E-state index is -1.00. The number of fused-ring (bicyclic) bond motifs is 1. The molecule has 1 unspecified atom stereocenters. The number of amides is 5. The van der Waals surface area contributed by atoms with E-state index in [-0.39, 0.29) is 52.9 Å². The van der Waals surface area contributed by atoms with Crippen LogP contribution in [0.25, 0.3) is 0 Å². The van der Waals surface area contributed by atoms with Crippen molar-refractivity contribution in [1.29, 1.82) is 5.26 Å². The quantitative estimate of drug-likeness (QED) is 0.123. The van der Waals surface area contributed by atoms with Crippen LogP contribution in [0.3, 0.4) is 0 Å². The zero-order valence-corrected chi connectivity index (χ0v) is 30.9. The first-order valence-corrected chi connectivity index (χ1v) is 18.2. The summed E-state index contributed by atoms with van der Waals surface area (Å²) < 4.78 is 6.33. The third-order valence-electron chi connectivity index (χ3n) is 10.5. The molecule has 0 bridgehead atoms. The van der Waals surface area contributed by atoms with Crippen molar-refractivity contribution < 1.29 is 28.7 Å². The van der Waals surface area contributed by atoms with Crippen LogP contribution in [0.15, 0.2) is 60.7 Å². The number of carbonyl (C=O) groups is 5. The first-order valence-electron chi connectivity index (χ1n) is 17.8. The third kappa shape index (κ3) is 7.31. The van der Waals surface area contributed by atoms with Gasteiger partial charge in [-0.05, 0) is 74.2 Å². The summed E-state index contributed by atoms with van der Waals surface area (Å²) in [5.41, 5.74) is 2.16. The van der Waals surface area contributed by atoms with Crippen molar-refractivity contribution in [3.63, 3.8) is 0 Å². The van der Waals surface area contributed by atoms with Crippen molar-refractivity contribution >= 4 is 52.5 Å². The first-order chi connectivity index (χ1) is 25.2. The number of nitrogens with one attached hydrogen (secondary N) is 4. The Balaban J connectivity index is 0.930. The van der Waals surface area contributed by atoms with E-state index in [2.05, 4.69) is 55.0 Å². The Bertz CT molecular complexity index is 1990. The summed E-state index contributed by atoms with van der Waals surface area (Å²) in [6.07, 6.45) is 2.61. The van der Waals surface area contributed by atoms with Crippen LogP contribution >= 0.6 is 11.6 Å². The van der Waals surface area contributed by atoms with E-state index in [9.17, 15) is 29.2 Å². The van der Waals surface area contributed by atoms with Crippen molar-refractivity contribution in [2.75, 3.05) is 23.7 Å². The summed E-state index contributed by atoms with van der Waals surface area (Å²) in [5.74, 6) is -1.68. The standard InChI is InChI=1S/C40H43ClN6O6/c1-39(2)37(40(3,4)38(39)53-26-16-13-24(22-42)28(41)21-26)46-33(49)23-11-14-25(15-12-23)43-19-6-5-7-20-44-29-10-8-9-27-32(29)36(52)47(35(27)51)30-17-18-31(48)45-34(30)50/h8-16,21,30,37-38,43-44H,5-7,17-20H2,1-4H3,(H,46,49)(H,45,48,50). The molecule has 3 aromatic carbocycles. The molecule has 1 aliphatic carbocycles. The van der Waals surface area contributed by atoms with Gasteiger partial charge in [-0.15, -0.1) is 0 Å². The number of rotatable bonds is 13. The molecule has 53 heavy (non-hydrogen) atoms. The number of nitrogens with zero attached hydrogens (tertiary/aromatic N) is 2. The molecule has 2 heterocycles. The molecule has 4 N–H and O–H groups in total. The van der Waals surface area contributed by atoms with Gasteiger partial charge in [-0.1, -0.05) is 45.4 Å². The van der Waals surface area contributed by atoms with E-state index in [1.807, 2.05) is 12.1 Å². The minimum Gasteiger partial charge on any atom is -0.489 e. The lowest BCUT2D eigenvalue weighted by atomic mass is 9.49. The molecule has 3 aromatic rings. The van der Waals surface area contributed by atoms with Crippen molar-refractivity contribution in [1.82, 2.24) is 15.5 Å². The lowest BCUT2D eigenvalue weighted by Gasteiger charge is -2.63. The van der Waals surface area contributed by atoms with Gasteiger partial charge >= 0.3 is 0 Å². The van der Waals surface area contributed by atoms with E-state index in [1.54, 1.807) is 48.5 Å². The maximum absolute atomic E-state index is 13.3. The summed E-state index contributed by atoms with van der Waals surface area (Å²) >= 11 is 6.22. The van der Waals surface area contributed by atoms with Crippen molar-refractivity contribution in [3.8, 4) is 11.8 Å². The predicted molar refractivity (Wildman–Crippen MR) is 200 cm³/mol. The van der Waals surface area contributed by atoms with E-state index in [0.29, 0.717) is 34.1 Å². The van der Waals surface area contributed by atoms with Crippen molar-refractivity contribution in [3.05, 3.63) is 87.9 Å². The van der Waals surface area contributed by atoms with Gasteiger partial charge in [0.05, 0.1) is 21.7 Å². The van der Waals surface area contributed by atoms with Crippen LogP contribution in [0.2, 0.25) is 5.02 Å². The molecule has 2 aliphatic heterocycles. The molecule has 12 nitrogen and oxygen atoms in total. The molecular formula is C40H43ClN6O6. The second kappa shape index (κ2) is 14.9. The molecule has 0 spiro atoms. The summed E-state index contributed by atoms with van der Waals surface area (Å²) in [4.78, 5) is 64.6. The number of imide groups is 2. The number of unbranched alkanes of at least 4 members (excludes halogenated alkanes) is 2. The maximum atomic E-state index is 13.3. The molecule has 3 aliphatic rings. The molecule has 1 saturated heterocycles. The zero-order valence-electron chi connectivity index (χ0n) is 30.2. The van der Waals surface area contributed by atoms with Gasteiger partial charge in [0.2, 0.25) is 11.8 Å². The Morgan fingerprint density at radius 1 is 0.943 bits per heavy atom. The SMILES string of the molecule is CC1(C)C(NC(=O)c2ccc(NCCCCCNc3cccc4c3C(=O)N(C3CCC(=O)NC3=O)C4=O)cc2)C(C)(C)C1Oc1ccc(C#N)c(Cl)c1. The second-order valence-corrected chi connectivity index (χ2v) is 15.4. The molecule has 2 fully saturated rings. The van der Waals surface area contributed by atoms with Gasteiger partial charge in [0.25, 0.3) is 17.7 Å². The number of anilines is 2. The van der Waals surface area contributed by atoms with Gasteiger partial charge in [-0.3, -0.25) is 34.2 Å². The minimum absolute atomic E-state index is 0.0716. The highest BCUT2D eigenvalue weighted by molar-refractivity contribution is 6.31. The lowest BCUT2D eigenvalue weighted by Crippen LogP contribution is -2.74. The Hall–Kier alpha value is -5.41. The Morgan fingerprint density at radius 2 is 1.64 bits per heavy atom. The number of carbonyl (C=O) groups excluding carboxylic acids is 5. The predicted octanol–water partition coefficient (Wildman–Crippen LogP) is 5.92. The van der Waals surface area contributed by atoms with Gasteiger partial charge in [0.15, 0.2) is 0 Å². The van der Waals surface area contributed by atoms with Crippen molar-refractivity contribution in [2.24, 2.45) is 10.8 Å². The normalized spacial score (nSPS) is 21.2. The van der Waals surface area contributed by atoms with E-state index in [4.69, 9.17) is 16.3 Å². The maximum Gasteiger partial charge on any atom is 0.264 e. The fourth-order valence-corrected chi connectivity index (χ4v) is 8.31. The summed E-state index contributed by atoms with van der Waals surface area (Å²) in [7, 11) is 0. The summed E-state index contributed by atoms with van der Waals surface area (Å²) in [5, 5.41) is 21.6. The Kier molecular flexibility index (Phi) is 10.5. The average molecular weight is 739 g/mol. The fourth-order valence-electron chi connectivity index (χ4n) is 8.09. The number of ether oxygens (including phenoxy) is 1. The number of hydrogen-bond donors (Lipinski definition) is 4. The van der Waals surface area contributed by atoms with Gasteiger partial charge in [-0.2, -0.15) is 5.26 Å². The van der Waals surface area contributed by atoms with E-state index >= 15 is 0 Å². The van der Waals surface area contributed by atoms with Crippen molar-refractivity contribution in [2.45, 2.75) is 78.0 Å². The fraction of sp³-hybridized carbons (Fsp3) is 0.400. The van der Waals surface area contributed by atoms with Gasteiger partial charge in [0, 0.05) is 59.4 Å². The summed E-state index contributed by atoms with van der Waals surface area (Å²) in [6, 6.07) is 18.4. The number of nitriles is 1. The number of benzene rings is 3. The number of piperidine rings is 1. The Morgan fingerprint density at radius 3 is 2.30 bits per heavy atom. The highest BCUT2D eigenvalue weighted by Crippen LogP contribution is 2.55. The highest BCUT2D eigenvalue weighted by Gasteiger charge is 2.64. The van der Waals surface area contributed by atoms with Crippen LogP contribution in [0, 0.1) is 22.2 Å². The molecule has 6 rings (SSSR count). The molecule has 1 atom stereocenters. The number of hydrogen-bond acceptors (Lipinski definition) is 9. The Labute approximate surface area is 313 Å². The van der Waals surface area contributed by atoms with Crippen LogP contribution in [0.1, 0.15) is 96.4 Å². The van der Waals surface area contributed by atoms with Crippen LogP contribution in [0.4, 0.5) is 11.4 Å². The van der Waals surface area contributed by atoms with Crippen LogP contribution in [-0.4, -0.2) is 65.7 Å². The molecule has 5 amide bonds. The molecule has 0 radical (unpaired) electrons. The van der Waals surface area contributed by atoms with Crippen LogP contribution < -0.4 is 26.0 Å². The topological polar surface area (TPSA) is 170 Å². The van der Waals surface area contributed by atoms with Crippen LogP contribution in [-0.2, 0) is 9.59 Å². The second-order valence-electron chi connectivity index (χ2n) is 15.0. The zero-order chi connectivity index (χ0) is 38.1. The smallest absolute Gasteiger partial charge is 0.264 e. The summed E-state index contributed by atoms with van der Waals surface area (Å²) in [6.45, 7) is 9.59. The van der Waals surface area contributed by atoms with Crippen LogP contribution in [0.5, 0.6) is 5.75 Å². The third-order valence-corrected chi connectivity index (χ3v) is 10.9. The van der Waals surface area contributed by atoms with Gasteiger partial charge in [0.1, 0.15) is 24.0 Å². The molecular weight excluding hydrogens is 696 g/mol. The largest absolute Gasteiger partial charge is 0.489 e. The molecule has 13 heteroatoms. The number of halogens is 1. The highest BCUT2D eigenvalue weighted by atomic mass is 35.5. The van der Waals surface area contributed by atoms with E-state index < -0.39 is 29.7 Å². The van der Waals surface area contributed by atoms with Gasteiger partial charge in [-0.25, -0.2) is 0 Å². The van der Waals surface area contributed by atoms with E-state index in [0.717, 1.165) is 36.4 Å². The van der Waals surface area contributed by atoms with Gasteiger partial charge < -0.3 is 20.7 Å². The van der Waals surface area contributed by atoms with E-state index in [1.165, 1.54) is 0 Å². The monoisotopic (exact) mass is 738 g/mol. The molecule has 1 saturated carbocycles.